The SMILES string of the molecule is COC(=O)C(Nc1nnnn1C)c1ccccc1. The number of esters is 1. The van der Waals surface area contributed by atoms with Crippen molar-refractivity contribution in [2.75, 3.05) is 12.4 Å². The van der Waals surface area contributed by atoms with Crippen molar-refractivity contribution in [3.05, 3.63) is 35.9 Å². The predicted molar refractivity (Wildman–Crippen MR) is 63.6 cm³/mol. The normalized spacial score (nSPS) is 11.9. The summed E-state index contributed by atoms with van der Waals surface area (Å²) in [7, 11) is 3.02. The molecule has 1 heterocycles. The van der Waals surface area contributed by atoms with Crippen LogP contribution in [0.5, 0.6) is 0 Å². The van der Waals surface area contributed by atoms with Crippen LogP contribution in [0.3, 0.4) is 0 Å². The molecule has 94 valence electrons. The molecule has 0 aliphatic heterocycles. The van der Waals surface area contributed by atoms with Crippen LogP contribution in [0.25, 0.3) is 0 Å². The van der Waals surface area contributed by atoms with Crippen LogP contribution in [0.2, 0.25) is 0 Å². The van der Waals surface area contributed by atoms with E-state index in [1.165, 1.54) is 11.8 Å². The van der Waals surface area contributed by atoms with E-state index in [0.717, 1.165) is 5.56 Å². The minimum atomic E-state index is -0.638. The number of tetrazole rings is 1. The van der Waals surface area contributed by atoms with Crippen molar-refractivity contribution < 1.29 is 9.53 Å². The van der Waals surface area contributed by atoms with Gasteiger partial charge in [0.05, 0.1) is 7.11 Å². The molecule has 7 nitrogen and oxygen atoms in total. The number of carbonyl (C=O) groups is 1. The van der Waals surface area contributed by atoms with Crippen LogP contribution in [0.4, 0.5) is 5.95 Å². The summed E-state index contributed by atoms with van der Waals surface area (Å²) in [5.41, 5.74) is 0.785. The Labute approximate surface area is 104 Å². The van der Waals surface area contributed by atoms with Gasteiger partial charge in [0.1, 0.15) is 0 Å². The highest BCUT2D eigenvalue weighted by atomic mass is 16.5. The average Bonchev–Trinajstić information content (AvgIpc) is 2.81. The molecule has 18 heavy (non-hydrogen) atoms. The quantitative estimate of drug-likeness (QED) is 0.794. The number of nitrogens with one attached hydrogen (secondary N) is 1. The van der Waals surface area contributed by atoms with Gasteiger partial charge >= 0.3 is 5.97 Å². The lowest BCUT2D eigenvalue weighted by atomic mass is 10.1. The molecule has 7 heteroatoms. The number of aryl methyl sites for hydroxylation is 1. The second-order valence-electron chi connectivity index (χ2n) is 3.64. The zero-order chi connectivity index (χ0) is 13.0. The van der Waals surface area contributed by atoms with Crippen molar-refractivity contribution in [1.29, 1.82) is 0 Å². The second kappa shape index (κ2) is 5.26. The summed E-state index contributed by atoms with van der Waals surface area (Å²) < 4.78 is 6.22. The molecule has 1 N–H and O–H groups in total. The number of hydrogen-bond donors (Lipinski definition) is 1. The monoisotopic (exact) mass is 247 g/mol. The summed E-state index contributed by atoms with van der Waals surface area (Å²) in [5.74, 6) is -0.00143. The van der Waals surface area contributed by atoms with Gasteiger partial charge in [0.25, 0.3) is 0 Å². The Morgan fingerprint density at radius 2 is 2.11 bits per heavy atom. The number of nitrogens with zero attached hydrogens (tertiary/aromatic N) is 4. The van der Waals surface area contributed by atoms with E-state index in [9.17, 15) is 4.79 Å². The lowest BCUT2D eigenvalue weighted by Crippen LogP contribution is -2.23. The Hall–Kier alpha value is -2.44. The first kappa shape index (κ1) is 12.0. The molecule has 2 aromatic rings. The van der Waals surface area contributed by atoms with Crippen LogP contribution in [-0.2, 0) is 16.6 Å². The van der Waals surface area contributed by atoms with Gasteiger partial charge in [0, 0.05) is 7.05 Å². The second-order valence-corrected chi connectivity index (χ2v) is 3.64. The van der Waals surface area contributed by atoms with E-state index in [2.05, 4.69) is 20.8 Å². The van der Waals surface area contributed by atoms with Gasteiger partial charge in [-0.3, -0.25) is 0 Å². The Balaban J connectivity index is 2.27. The van der Waals surface area contributed by atoms with Crippen LogP contribution in [-0.4, -0.2) is 33.3 Å². The maximum Gasteiger partial charge on any atom is 0.333 e. The first-order valence-electron chi connectivity index (χ1n) is 5.34. The Morgan fingerprint density at radius 1 is 1.39 bits per heavy atom. The number of ether oxygens (including phenoxy) is 1. The number of aromatic nitrogens is 4. The highest BCUT2D eigenvalue weighted by Crippen LogP contribution is 2.18. The van der Waals surface area contributed by atoms with Crippen LogP contribution in [0, 0.1) is 0 Å². The molecular weight excluding hydrogens is 234 g/mol. The standard InChI is InChI=1S/C11H13N5O2/c1-16-11(13-14-15-16)12-9(10(17)18-2)8-6-4-3-5-7-8/h3-7,9H,1-2H3,(H,12,13,15). The zero-order valence-electron chi connectivity index (χ0n) is 10.1. The topological polar surface area (TPSA) is 81.9 Å². The number of hydrogen-bond acceptors (Lipinski definition) is 6. The third-order valence-corrected chi connectivity index (χ3v) is 2.46. The Kier molecular flexibility index (Phi) is 3.52. The Bertz CT molecular complexity index is 525. The molecule has 1 atom stereocenters. The number of carbonyl (C=O) groups excluding carboxylic acids is 1. The molecular formula is C11H13N5O2. The first-order chi connectivity index (χ1) is 8.72. The van der Waals surface area contributed by atoms with Crippen LogP contribution in [0.15, 0.2) is 30.3 Å². The van der Waals surface area contributed by atoms with E-state index in [-0.39, 0.29) is 0 Å². The number of anilines is 1. The van der Waals surface area contributed by atoms with Gasteiger partial charge in [-0.15, -0.1) is 0 Å². The number of rotatable bonds is 4. The minimum absolute atomic E-state index is 0.397. The maximum absolute atomic E-state index is 11.8. The van der Waals surface area contributed by atoms with Crippen molar-refractivity contribution in [1.82, 2.24) is 20.2 Å². The fraction of sp³-hybridized carbons (Fsp3) is 0.273. The molecule has 2 rings (SSSR count). The van der Waals surface area contributed by atoms with E-state index in [4.69, 9.17) is 4.74 Å². The van der Waals surface area contributed by atoms with E-state index >= 15 is 0 Å². The van der Waals surface area contributed by atoms with E-state index in [1.807, 2.05) is 30.3 Å². The van der Waals surface area contributed by atoms with Crippen molar-refractivity contribution in [2.24, 2.45) is 7.05 Å². The Morgan fingerprint density at radius 3 is 2.67 bits per heavy atom. The lowest BCUT2D eigenvalue weighted by molar-refractivity contribution is -0.141. The van der Waals surface area contributed by atoms with Gasteiger partial charge < -0.3 is 10.1 Å². The fourth-order valence-corrected chi connectivity index (χ4v) is 1.52. The fourth-order valence-electron chi connectivity index (χ4n) is 1.52. The van der Waals surface area contributed by atoms with Crippen LogP contribution < -0.4 is 5.32 Å². The molecule has 1 unspecified atom stereocenters. The van der Waals surface area contributed by atoms with Crippen molar-refractivity contribution in [3.63, 3.8) is 0 Å². The summed E-state index contributed by atoms with van der Waals surface area (Å²) in [6.45, 7) is 0. The number of methoxy groups -OCH3 is 1. The molecule has 0 spiro atoms. The third-order valence-electron chi connectivity index (χ3n) is 2.46. The maximum atomic E-state index is 11.8. The molecule has 0 aliphatic rings. The lowest BCUT2D eigenvalue weighted by Gasteiger charge is -2.16. The molecule has 0 bridgehead atoms. The average molecular weight is 247 g/mol. The van der Waals surface area contributed by atoms with Crippen molar-refractivity contribution in [3.8, 4) is 0 Å². The largest absolute Gasteiger partial charge is 0.467 e. The summed E-state index contributed by atoms with van der Waals surface area (Å²) in [4.78, 5) is 11.8. The molecule has 1 aromatic carbocycles. The van der Waals surface area contributed by atoms with Crippen molar-refractivity contribution in [2.45, 2.75) is 6.04 Å². The van der Waals surface area contributed by atoms with Gasteiger partial charge in [0.2, 0.25) is 5.95 Å². The van der Waals surface area contributed by atoms with Gasteiger partial charge in [-0.05, 0) is 16.0 Å². The molecule has 0 saturated heterocycles. The molecule has 0 aliphatic carbocycles. The molecule has 0 radical (unpaired) electrons. The number of benzene rings is 1. The van der Waals surface area contributed by atoms with Gasteiger partial charge in [-0.1, -0.05) is 35.4 Å². The summed E-state index contributed by atoms with van der Waals surface area (Å²) in [6, 6.07) is 8.60. The smallest absolute Gasteiger partial charge is 0.333 e. The van der Waals surface area contributed by atoms with Crippen LogP contribution in [0.1, 0.15) is 11.6 Å². The highest BCUT2D eigenvalue weighted by Gasteiger charge is 2.22. The molecule has 0 saturated carbocycles. The molecule has 0 amide bonds. The third kappa shape index (κ3) is 2.45. The zero-order valence-corrected chi connectivity index (χ0v) is 10.1. The summed E-state index contributed by atoms with van der Waals surface area (Å²) in [6.07, 6.45) is 0. The highest BCUT2D eigenvalue weighted by molar-refractivity contribution is 5.80. The minimum Gasteiger partial charge on any atom is -0.467 e. The van der Waals surface area contributed by atoms with Crippen molar-refractivity contribution >= 4 is 11.9 Å². The first-order valence-corrected chi connectivity index (χ1v) is 5.34. The predicted octanol–water partition coefficient (Wildman–Crippen LogP) is 0.536. The van der Waals surface area contributed by atoms with Crippen LogP contribution >= 0.6 is 0 Å². The summed E-state index contributed by atoms with van der Waals surface area (Å²) in [5, 5.41) is 13.9. The molecule has 1 aromatic heterocycles. The molecule has 0 fully saturated rings. The van der Waals surface area contributed by atoms with E-state index in [1.54, 1.807) is 7.05 Å². The van der Waals surface area contributed by atoms with Gasteiger partial charge in [-0.25, -0.2) is 9.48 Å². The van der Waals surface area contributed by atoms with E-state index < -0.39 is 12.0 Å². The van der Waals surface area contributed by atoms with Gasteiger partial charge in [0.15, 0.2) is 6.04 Å². The van der Waals surface area contributed by atoms with E-state index in [0.29, 0.717) is 5.95 Å². The van der Waals surface area contributed by atoms with Gasteiger partial charge in [-0.2, -0.15) is 0 Å². The summed E-state index contributed by atoms with van der Waals surface area (Å²) >= 11 is 0.